The van der Waals surface area contributed by atoms with Crippen molar-refractivity contribution in [2.45, 2.75) is 39.5 Å². The van der Waals surface area contributed by atoms with Gasteiger partial charge in [-0.25, -0.2) is 0 Å². The van der Waals surface area contributed by atoms with Crippen LogP contribution in [0.1, 0.15) is 43.5 Å². The number of nitrogens with one attached hydrogen (secondary N) is 1. The number of hydrogen-bond acceptors (Lipinski definition) is 4. The van der Waals surface area contributed by atoms with Crippen molar-refractivity contribution in [2.75, 3.05) is 7.11 Å². The Morgan fingerprint density at radius 1 is 1.08 bits per heavy atom. The van der Waals surface area contributed by atoms with Gasteiger partial charge in [-0.3, -0.25) is 0 Å². The summed E-state index contributed by atoms with van der Waals surface area (Å²) in [4.78, 5) is 0. The smallest absolute Gasteiger partial charge is 0.161 e. The first kappa shape index (κ1) is 17.8. The molecular weight excluding hydrogens is 300 g/mol. The molecule has 0 radical (unpaired) electrons. The lowest BCUT2D eigenvalue weighted by molar-refractivity contribution is 0.230. The lowest BCUT2D eigenvalue weighted by atomic mass is 10.1. The summed E-state index contributed by atoms with van der Waals surface area (Å²) in [7, 11) is 1.65. The lowest BCUT2D eigenvalue weighted by Gasteiger charge is -2.18. The van der Waals surface area contributed by atoms with Crippen LogP contribution >= 0.6 is 0 Å². The number of methoxy groups -OCH3 is 1. The van der Waals surface area contributed by atoms with Gasteiger partial charge in [-0.2, -0.15) is 5.26 Å². The summed E-state index contributed by atoms with van der Waals surface area (Å²) in [5, 5.41) is 12.4. The first-order valence-corrected chi connectivity index (χ1v) is 8.10. The number of benzene rings is 2. The monoisotopic (exact) mass is 324 g/mol. The van der Waals surface area contributed by atoms with Crippen LogP contribution in [0.5, 0.6) is 11.5 Å². The van der Waals surface area contributed by atoms with Crippen LogP contribution in [0.2, 0.25) is 0 Å². The largest absolute Gasteiger partial charge is 0.493 e. The number of hydrogen-bond donors (Lipinski definition) is 1. The normalized spacial score (nSPS) is 11.8. The molecule has 0 spiro atoms. The highest BCUT2D eigenvalue weighted by Gasteiger charge is 2.11. The predicted molar refractivity (Wildman–Crippen MR) is 95.2 cm³/mol. The fraction of sp³-hybridized carbons (Fsp3) is 0.350. The molecule has 2 aromatic rings. The molecule has 24 heavy (non-hydrogen) atoms. The van der Waals surface area contributed by atoms with E-state index >= 15 is 0 Å². The molecule has 126 valence electrons. The zero-order chi connectivity index (χ0) is 17.5. The average Bonchev–Trinajstić information content (AvgIpc) is 2.59. The number of nitrogens with zero attached hydrogens (tertiary/aromatic N) is 1. The molecule has 0 aliphatic carbocycles. The van der Waals surface area contributed by atoms with Gasteiger partial charge in [0.05, 0.1) is 24.8 Å². The minimum Gasteiger partial charge on any atom is -0.493 e. The van der Waals surface area contributed by atoms with Gasteiger partial charge in [-0.15, -0.1) is 0 Å². The van der Waals surface area contributed by atoms with Crippen molar-refractivity contribution >= 4 is 0 Å². The third-order valence-corrected chi connectivity index (χ3v) is 3.72. The molecule has 1 atom stereocenters. The summed E-state index contributed by atoms with van der Waals surface area (Å²) in [6, 6.07) is 15.9. The van der Waals surface area contributed by atoms with Gasteiger partial charge < -0.3 is 14.8 Å². The molecule has 0 bridgehead atoms. The standard InChI is InChI=1S/C20H24N2O2/c1-14(2)24-19-9-8-18(11-20(19)23-4)15(3)22-13-17-7-5-6-16(10-17)12-21/h5-11,14-15,22H,13H2,1-4H3/t15-/m1/s1. The zero-order valence-corrected chi connectivity index (χ0v) is 14.7. The van der Waals surface area contributed by atoms with Crippen LogP contribution in [-0.2, 0) is 6.54 Å². The van der Waals surface area contributed by atoms with Gasteiger partial charge in [0.1, 0.15) is 0 Å². The second kappa shape index (κ2) is 8.37. The van der Waals surface area contributed by atoms with E-state index in [0.29, 0.717) is 12.1 Å². The van der Waals surface area contributed by atoms with Gasteiger partial charge >= 0.3 is 0 Å². The van der Waals surface area contributed by atoms with E-state index < -0.39 is 0 Å². The number of rotatable bonds is 7. The Kier molecular flexibility index (Phi) is 6.22. The van der Waals surface area contributed by atoms with Crippen LogP contribution < -0.4 is 14.8 Å². The van der Waals surface area contributed by atoms with Crippen molar-refractivity contribution in [1.29, 1.82) is 5.26 Å². The van der Waals surface area contributed by atoms with E-state index in [1.54, 1.807) is 7.11 Å². The molecule has 0 aliphatic heterocycles. The fourth-order valence-electron chi connectivity index (χ4n) is 2.44. The summed E-state index contributed by atoms with van der Waals surface area (Å²) >= 11 is 0. The van der Waals surface area contributed by atoms with E-state index in [0.717, 1.165) is 22.6 Å². The number of nitriles is 1. The highest BCUT2D eigenvalue weighted by atomic mass is 16.5. The maximum absolute atomic E-state index is 8.97. The van der Waals surface area contributed by atoms with Crippen molar-refractivity contribution in [3.63, 3.8) is 0 Å². The molecule has 0 saturated heterocycles. The Labute approximate surface area is 144 Å². The van der Waals surface area contributed by atoms with E-state index in [1.165, 1.54) is 0 Å². The average molecular weight is 324 g/mol. The minimum absolute atomic E-state index is 0.104. The molecule has 4 heteroatoms. The van der Waals surface area contributed by atoms with E-state index in [4.69, 9.17) is 14.7 Å². The molecule has 0 saturated carbocycles. The van der Waals surface area contributed by atoms with Crippen molar-refractivity contribution in [3.8, 4) is 17.6 Å². The lowest BCUT2D eigenvalue weighted by Crippen LogP contribution is -2.18. The maximum Gasteiger partial charge on any atom is 0.161 e. The van der Waals surface area contributed by atoms with Crippen LogP contribution in [0.4, 0.5) is 0 Å². The Hall–Kier alpha value is -2.51. The second-order valence-corrected chi connectivity index (χ2v) is 5.99. The van der Waals surface area contributed by atoms with Gasteiger partial charge in [-0.05, 0) is 56.2 Å². The van der Waals surface area contributed by atoms with Crippen molar-refractivity contribution in [1.82, 2.24) is 5.32 Å². The molecule has 0 amide bonds. The predicted octanol–water partition coefficient (Wildman–Crippen LogP) is 4.20. The van der Waals surface area contributed by atoms with Crippen LogP contribution in [0.15, 0.2) is 42.5 Å². The molecule has 2 aromatic carbocycles. The van der Waals surface area contributed by atoms with Crippen molar-refractivity contribution in [3.05, 3.63) is 59.2 Å². The van der Waals surface area contributed by atoms with Gasteiger partial charge in [0.2, 0.25) is 0 Å². The van der Waals surface area contributed by atoms with Crippen LogP contribution in [-0.4, -0.2) is 13.2 Å². The van der Waals surface area contributed by atoms with Gasteiger partial charge in [0, 0.05) is 12.6 Å². The Bertz CT molecular complexity index is 720. The molecule has 0 aromatic heterocycles. The van der Waals surface area contributed by atoms with Crippen LogP contribution in [0, 0.1) is 11.3 Å². The van der Waals surface area contributed by atoms with Gasteiger partial charge in [0.15, 0.2) is 11.5 Å². The van der Waals surface area contributed by atoms with Gasteiger partial charge in [-0.1, -0.05) is 18.2 Å². The summed E-state index contributed by atoms with van der Waals surface area (Å²) in [6.45, 7) is 6.79. The molecule has 0 aliphatic rings. The third-order valence-electron chi connectivity index (χ3n) is 3.72. The minimum atomic E-state index is 0.104. The molecule has 0 fully saturated rings. The summed E-state index contributed by atoms with van der Waals surface area (Å²) in [5.41, 5.74) is 2.89. The van der Waals surface area contributed by atoms with E-state index in [2.05, 4.69) is 18.3 Å². The van der Waals surface area contributed by atoms with E-state index in [1.807, 2.05) is 56.3 Å². The molecule has 4 nitrogen and oxygen atoms in total. The molecule has 2 rings (SSSR count). The second-order valence-electron chi connectivity index (χ2n) is 5.99. The van der Waals surface area contributed by atoms with E-state index in [9.17, 15) is 0 Å². The highest BCUT2D eigenvalue weighted by Crippen LogP contribution is 2.31. The highest BCUT2D eigenvalue weighted by molar-refractivity contribution is 5.44. The molecule has 1 N–H and O–H groups in total. The van der Waals surface area contributed by atoms with Crippen LogP contribution in [0.25, 0.3) is 0 Å². The van der Waals surface area contributed by atoms with Crippen molar-refractivity contribution < 1.29 is 9.47 Å². The Balaban J connectivity index is 2.06. The molecule has 0 heterocycles. The van der Waals surface area contributed by atoms with E-state index in [-0.39, 0.29) is 12.1 Å². The quantitative estimate of drug-likeness (QED) is 0.829. The molecular formula is C20H24N2O2. The zero-order valence-electron chi connectivity index (χ0n) is 14.7. The number of ether oxygens (including phenoxy) is 2. The summed E-state index contributed by atoms with van der Waals surface area (Å²) in [6.07, 6.45) is 0.104. The first-order valence-electron chi connectivity index (χ1n) is 8.10. The molecule has 0 unspecified atom stereocenters. The summed E-state index contributed by atoms with van der Waals surface area (Å²) < 4.78 is 11.2. The first-order chi connectivity index (χ1) is 11.5. The topological polar surface area (TPSA) is 54.3 Å². The van der Waals surface area contributed by atoms with Crippen molar-refractivity contribution in [2.24, 2.45) is 0 Å². The van der Waals surface area contributed by atoms with Crippen LogP contribution in [0.3, 0.4) is 0 Å². The van der Waals surface area contributed by atoms with Gasteiger partial charge in [0.25, 0.3) is 0 Å². The summed E-state index contributed by atoms with van der Waals surface area (Å²) in [5.74, 6) is 1.49. The maximum atomic E-state index is 8.97. The Morgan fingerprint density at radius 2 is 1.88 bits per heavy atom. The third kappa shape index (κ3) is 4.74. The SMILES string of the molecule is COc1cc([C@@H](C)NCc2cccc(C#N)c2)ccc1OC(C)C. The Morgan fingerprint density at radius 3 is 2.54 bits per heavy atom. The fourth-order valence-corrected chi connectivity index (χ4v) is 2.44.